The largest absolute Gasteiger partial charge is 0.493 e. The van der Waals surface area contributed by atoms with E-state index in [0.717, 1.165) is 22.8 Å². The molecule has 0 saturated carbocycles. The smallest absolute Gasteiger partial charge is 0.283 e. The minimum atomic E-state index is -0.456. The molecule has 0 aliphatic carbocycles. The predicted molar refractivity (Wildman–Crippen MR) is 140 cm³/mol. The maximum atomic E-state index is 12.7. The Hall–Kier alpha value is -3.59. The van der Waals surface area contributed by atoms with Crippen LogP contribution in [-0.4, -0.2) is 47.3 Å². The zero-order valence-electron chi connectivity index (χ0n) is 20.2. The van der Waals surface area contributed by atoms with Crippen LogP contribution in [0.4, 0.5) is 0 Å². The number of thioether (sulfide) groups is 1. The molecule has 182 valence electrons. The number of carbonyl (C=O) groups is 1. The first-order valence-corrected chi connectivity index (χ1v) is 12.2. The predicted octanol–water partition coefficient (Wildman–Crippen LogP) is 5.13. The number of ether oxygens (including phenoxy) is 3. The Morgan fingerprint density at radius 1 is 1.09 bits per heavy atom. The van der Waals surface area contributed by atoms with E-state index in [4.69, 9.17) is 19.6 Å². The number of rotatable bonds is 9. The maximum Gasteiger partial charge on any atom is 0.283 e. The fourth-order valence-electron chi connectivity index (χ4n) is 3.54. The first-order chi connectivity index (χ1) is 16.9. The maximum absolute atomic E-state index is 12.7. The number of aryl methyl sites for hydroxylation is 1. The van der Waals surface area contributed by atoms with Gasteiger partial charge in [0.1, 0.15) is 24.0 Å². The molecular weight excluding hydrogens is 464 g/mol. The number of aliphatic imine (C=N–C) groups is 1. The van der Waals surface area contributed by atoms with Crippen molar-refractivity contribution in [1.82, 2.24) is 5.01 Å². The van der Waals surface area contributed by atoms with Gasteiger partial charge in [0.15, 0.2) is 17.3 Å². The molecular formula is C26H28N4O4S. The third-order valence-electron chi connectivity index (χ3n) is 5.27. The number of fused-ring (bicyclic) bond motifs is 1. The van der Waals surface area contributed by atoms with E-state index in [9.17, 15) is 4.79 Å². The number of methoxy groups -OCH3 is 1. The van der Waals surface area contributed by atoms with Crippen molar-refractivity contribution in [1.29, 1.82) is 5.41 Å². The van der Waals surface area contributed by atoms with Crippen LogP contribution >= 0.6 is 11.8 Å². The van der Waals surface area contributed by atoms with Crippen molar-refractivity contribution in [2.75, 3.05) is 20.3 Å². The number of amidine groups is 2. The number of hydrazone groups is 1. The molecule has 4 rings (SSSR count). The topological polar surface area (TPSA) is 96.6 Å². The van der Waals surface area contributed by atoms with E-state index in [1.165, 1.54) is 16.8 Å². The van der Waals surface area contributed by atoms with Crippen molar-refractivity contribution in [3.8, 4) is 17.2 Å². The molecule has 2 aromatic carbocycles. The molecule has 2 aromatic rings. The minimum Gasteiger partial charge on any atom is -0.493 e. The van der Waals surface area contributed by atoms with E-state index in [1.54, 1.807) is 31.4 Å². The van der Waals surface area contributed by atoms with Crippen LogP contribution in [0.3, 0.4) is 0 Å². The Morgan fingerprint density at radius 2 is 1.83 bits per heavy atom. The van der Waals surface area contributed by atoms with Gasteiger partial charge in [-0.2, -0.15) is 15.1 Å². The summed E-state index contributed by atoms with van der Waals surface area (Å²) in [6.07, 6.45) is 2.40. The number of hydrogen-bond donors (Lipinski definition) is 1. The summed E-state index contributed by atoms with van der Waals surface area (Å²) in [4.78, 5) is 16.8. The van der Waals surface area contributed by atoms with E-state index in [0.29, 0.717) is 41.4 Å². The van der Waals surface area contributed by atoms with Crippen molar-refractivity contribution in [3.05, 3.63) is 59.2 Å². The van der Waals surface area contributed by atoms with E-state index in [-0.39, 0.29) is 11.4 Å². The van der Waals surface area contributed by atoms with Gasteiger partial charge in [-0.15, -0.1) is 0 Å². The number of amides is 1. The zero-order valence-corrected chi connectivity index (χ0v) is 21.0. The second-order valence-corrected chi connectivity index (χ2v) is 9.52. The van der Waals surface area contributed by atoms with Gasteiger partial charge in [-0.3, -0.25) is 10.2 Å². The van der Waals surface area contributed by atoms with Crippen molar-refractivity contribution < 1.29 is 19.0 Å². The van der Waals surface area contributed by atoms with E-state index in [2.05, 4.69) is 23.9 Å². The second-order valence-electron chi connectivity index (χ2n) is 8.48. The number of para-hydroxylation sites is 1. The first-order valence-electron chi connectivity index (χ1n) is 11.3. The molecule has 0 spiro atoms. The summed E-state index contributed by atoms with van der Waals surface area (Å²) in [6.45, 7) is 6.92. The molecule has 0 aromatic heterocycles. The molecule has 0 unspecified atom stereocenters. The Morgan fingerprint density at radius 3 is 2.54 bits per heavy atom. The van der Waals surface area contributed by atoms with Gasteiger partial charge in [-0.25, -0.2) is 0 Å². The van der Waals surface area contributed by atoms with Crippen LogP contribution in [0.1, 0.15) is 31.4 Å². The third-order valence-corrected chi connectivity index (χ3v) is 6.20. The molecule has 2 heterocycles. The fraction of sp³-hybridized carbons (Fsp3) is 0.308. The molecule has 2 aliphatic heterocycles. The summed E-state index contributed by atoms with van der Waals surface area (Å²) >= 11 is 1.35. The fourth-order valence-corrected chi connectivity index (χ4v) is 4.64. The van der Waals surface area contributed by atoms with Gasteiger partial charge < -0.3 is 14.2 Å². The standard InChI is InChI=1S/C26H28N4O4S/c1-16(2)13-23-29-30-24(27)19(25(31)28-26(30)35-23)14-18-9-10-21(22(15-18)32-4)34-12-11-33-20-8-6-5-7-17(20)3/h5-10,14-16,27H,11-13H2,1-4H3/b19-14-,27-24?. The summed E-state index contributed by atoms with van der Waals surface area (Å²) < 4.78 is 17.1. The molecule has 2 aliphatic rings. The van der Waals surface area contributed by atoms with Crippen molar-refractivity contribution >= 4 is 39.8 Å². The second kappa shape index (κ2) is 10.8. The Balaban J connectivity index is 1.44. The highest BCUT2D eigenvalue weighted by Crippen LogP contribution is 2.32. The SMILES string of the molecule is COc1cc(/C=C2/C(=N)N3N=C(CC(C)C)SC3=NC2=O)ccc1OCCOc1ccccc1C. The molecule has 35 heavy (non-hydrogen) atoms. The first kappa shape index (κ1) is 24.5. The summed E-state index contributed by atoms with van der Waals surface area (Å²) in [7, 11) is 1.56. The summed E-state index contributed by atoms with van der Waals surface area (Å²) in [5.74, 6) is 1.88. The number of benzene rings is 2. The molecule has 0 bridgehead atoms. The van der Waals surface area contributed by atoms with Crippen LogP contribution in [-0.2, 0) is 4.79 Å². The van der Waals surface area contributed by atoms with Crippen LogP contribution in [0.15, 0.2) is 58.1 Å². The average Bonchev–Trinajstić information content (AvgIpc) is 3.22. The lowest BCUT2D eigenvalue weighted by molar-refractivity contribution is -0.114. The van der Waals surface area contributed by atoms with Crippen molar-refractivity contribution in [2.45, 2.75) is 27.2 Å². The molecule has 0 saturated heterocycles. The lowest BCUT2D eigenvalue weighted by Crippen LogP contribution is -2.35. The van der Waals surface area contributed by atoms with Gasteiger partial charge in [0.2, 0.25) is 5.17 Å². The van der Waals surface area contributed by atoms with Gasteiger partial charge in [0.05, 0.1) is 12.7 Å². The minimum absolute atomic E-state index is 0.0129. The van der Waals surface area contributed by atoms with Gasteiger partial charge in [0, 0.05) is 6.42 Å². The molecule has 1 N–H and O–H groups in total. The van der Waals surface area contributed by atoms with Crippen LogP contribution in [0.25, 0.3) is 6.08 Å². The van der Waals surface area contributed by atoms with E-state index >= 15 is 0 Å². The van der Waals surface area contributed by atoms with Crippen LogP contribution in [0.5, 0.6) is 17.2 Å². The highest BCUT2D eigenvalue weighted by atomic mass is 32.2. The number of carbonyl (C=O) groups excluding carboxylic acids is 1. The highest BCUT2D eigenvalue weighted by molar-refractivity contribution is 8.26. The zero-order chi connectivity index (χ0) is 24.9. The quantitative estimate of drug-likeness (QED) is 0.385. The van der Waals surface area contributed by atoms with Crippen molar-refractivity contribution in [2.24, 2.45) is 16.0 Å². The normalized spacial score (nSPS) is 16.4. The molecule has 8 nitrogen and oxygen atoms in total. The summed E-state index contributed by atoms with van der Waals surface area (Å²) in [5, 5.41) is 15.7. The van der Waals surface area contributed by atoms with Gasteiger partial charge in [-0.05, 0) is 60.0 Å². The number of hydrogen-bond acceptors (Lipinski definition) is 7. The van der Waals surface area contributed by atoms with Crippen LogP contribution in [0, 0.1) is 18.3 Å². The number of nitrogens with zero attached hydrogens (tertiary/aromatic N) is 3. The summed E-state index contributed by atoms with van der Waals surface area (Å²) in [6, 6.07) is 13.2. The van der Waals surface area contributed by atoms with Crippen molar-refractivity contribution in [3.63, 3.8) is 0 Å². The molecule has 0 fully saturated rings. The monoisotopic (exact) mass is 492 g/mol. The molecule has 0 atom stereocenters. The number of nitrogens with one attached hydrogen (secondary N) is 1. The molecule has 0 radical (unpaired) electrons. The van der Waals surface area contributed by atoms with Gasteiger partial charge in [-0.1, -0.05) is 38.1 Å². The lowest BCUT2D eigenvalue weighted by Gasteiger charge is -2.20. The van der Waals surface area contributed by atoms with Gasteiger partial charge in [0.25, 0.3) is 5.91 Å². The van der Waals surface area contributed by atoms with Crippen LogP contribution < -0.4 is 14.2 Å². The van der Waals surface area contributed by atoms with E-state index in [1.807, 2.05) is 31.2 Å². The van der Waals surface area contributed by atoms with Gasteiger partial charge >= 0.3 is 0 Å². The highest BCUT2D eigenvalue weighted by Gasteiger charge is 2.35. The lowest BCUT2D eigenvalue weighted by atomic mass is 10.1. The molecule has 1 amide bonds. The third kappa shape index (κ3) is 5.74. The van der Waals surface area contributed by atoms with E-state index < -0.39 is 5.91 Å². The Labute approximate surface area is 209 Å². The molecule has 9 heteroatoms. The average molecular weight is 493 g/mol. The summed E-state index contributed by atoms with van der Waals surface area (Å²) in [5.41, 5.74) is 1.93. The Bertz CT molecular complexity index is 1240. The van der Waals surface area contributed by atoms with Crippen LogP contribution in [0.2, 0.25) is 0 Å². The Kier molecular flexibility index (Phi) is 7.55.